The molecule has 0 unspecified atom stereocenters. The summed E-state index contributed by atoms with van der Waals surface area (Å²) >= 11 is 0. The largest absolute Gasteiger partial charge is 0.508 e. The summed E-state index contributed by atoms with van der Waals surface area (Å²) in [5.41, 5.74) is 1.63. The molecule has 0 bridgehead atoms. The fraction of sp³-hybridized carbons (Fsp3) is 0.308. The predicted octanol–water partition coefficient (Wildman–Crippen LogP) is 3.69. The van der Waals surface area contributed by atoms with E-state index < -0.39 is 0 Å². The van der Waals surface area contributed by atoms with E-state index in [0.717, 1.165) is 42.4 Å². The third-order valence-electron chi connectivity index (χ3n) is 5.26. The monoisotopic (exact) mass is 433 g/mol. The van der Waals surface area contributed by atoms with Crippen LogP contribution in [0.15, 0.2) is 66.7 Å². The highest BCUT2D eigenvalue weighted by atomic mass is 16.3. The number of aromatic hydroxyl groups is 1. The first kappa shape index (κ1) is 23.3. The van der Waals surface area contributed by atoms with Gasteiger partial charge in [-0.05, 0) is 53.6 Å². The number of phenols is 1. The maximum absolute atomic E-state index is 12.4. The minimum absolute atomic E-state index is 0.0855. The van der Waals surface area contributed by atoms with Crippen LogP contribution >= 0.6 is 0 Å². The molecule has 3 N–H and O–H groups in total. The number of rotatable bonds is 11. The van der Waals surface area contributed by atoms with Crippen LogP contribution in [0.5, 0.6) is 5.75 Å². The number of benzene rings is 3. The molecule has 3 aromatic carbocycles. The summed E-state index contributed by atoms with van der Waals surface area (Å²) in [6.45, 7) is 5.30. The molecule has 0 saturated carbocycles. The van der Waals surface area contributed by atoms with Crippen molar-refractivity contribution in [3.05, 3.63) is 77.9 Å². The number of phenolic OH excluding ortho intramolecular Hbond substituents is 1. The first-order valence-corrected chi connectivity index (χ1v) is 11.1. The summed E-state index contributed by atoms with van der Waals surface area (Å²) in [5.74, 6) is -0.000564. The second-order valence-electron chi connectivity index (χ2n) is 7.86. The summed E-state index contributed by atoms with van der Waals surface area (Å²) in [7, 11) is 0. The van der Waals surface area contributed by atoms with Crippen LogP contribution in [0.3, 0.4) is 0 Å². The minimum atomic E-state index is -0.177. The van der Waals surface area contributed by atoms with Gasteiger partial charge >= 0.3 is 0 Å². The number of nitrogens with zero attached hydrogens (tertiary/aromatic N) is 1. The highest BCUT2D eigenvalue weighted by Gasteiger charge is 2.09. The Hall–Kier alpha value is -3.38. The smallest absolute Gasteiger partial charge is 0.251 e. The van der Waals surface area contributed by atoms with Crippen molar-refractivity contribution in [2.75, 3.05) is 26.2 Å². The van der Waals surface area contributed by atoms with E-state index in [9.17, 15) is 14.7 Å². The van der Waals surface area contributed by atoms with Crippen LogP contribution < -0.4 is 10.6 Å². The van der Waals surface area contributed by atoms with Crippen LogP contribution in [0.25, 0.3) is 10.8 Å². The fourth-order valence-electron chi connectivity index (χ4n) is 3.66. The molecule has 0 radical (unpaired) electrons. The van der Waals surface area contributed by atoms with Crippen molar-refractivity contribution in [3.8, 4) is 5.75 Å². The average molecular weight is 434 g/mol. The number of carbonyl (C=O) groups is 2. The Morgan fingerprint density at radius 2 is 1.69 bits per heavy atom. The first-order chi connectivity index (χ1) is 15.5. The Kier molecular flexibility index (Phi) is 8.63. The van der Waals surface area contributed by atoms with Gasteiger partial charge in [-0.3, -0.25) is 14.5 Å². The van der Waals surface area contributed by atoms with Gasteiger partial charge in [0.25, 0.3) is 5.91 Å². The van der Waals surface area contributed by atoms with E-state index in [1.54, 1.807) is 18.2 Å². The summed E-state index contributed by atoms with van der Waals surface area (Å²) in [6.07, 6.45) is 1.24. The third-order valence-corrected chi connectivity index (χ3v) is 5.26. The highest BCUT2D eigenvalue weighted by Crippen LogP contribution is 2.15. The van der Waals surface area contributed by atoms with Crippen molar-refractivity contribution < 1.29 is 14.7 Å². The molecule has 6 heteroatoms. The Bertz CT molecular complexity index is 1050. The lowest BCUT2D eigenvalue weighted by molar-refractivity contribution is -0.121. The molecule has 3 rings (SSSR count). The van der Waals surface area contributed by atoms with Crippen molar-refractivity contribution >= 4 is 22.6 Å². The highest BCUT2D eigenvalue weighted by molar-refractivity contribution is 5.98. The van der Waals surface area contributed by atoms with E-state index in [4.69, 9.17) is 0 Å². The SMILES string of the molecule is CCCN(CCNC(=O)CCNC(=O)c1ccc2ccccc2c1)Cc1cccc(O)c1. The number of amides is 2. The van der Waals surface area contributed by atoms with E-state index in [-0.39, 0.29) is 24.0 Å². The molecule has 0 aromatic heterocycles. The molecule has 2 amide bonds. The zero-order chi connectivity index (χ0) is 22.8. The molecule has 0 fully saturated rings. The Balaban J connectivity index is 1.38. The van der Waals surface area contributed by atoms with Crippen LogP contribution in [-0.2, 0) is 11.3 Å². The molecular weight excluding hydrogens is 402 g/mol. The predicted molar refractivity (Wildman–Crippen MR) is 128 cm³/mol. The van der Waals surface area contributed by atoms with E-state index in [1.807, 2.05) is 48.5 Å². The molecule has 6 nitrogen and oxygen atoms in total. The first-order valence-electron chi connectivity index (χ1n) is 11.1. The molecule has 0 aliphatic carbocycles. The summed E-state index contributed by atoms with van der Waals surface area (Å²) in [5, 5.41) is 17.5. The standard InChI is InChI=1S/C26H31N3O3/c1-2-15-29(19-20-6-5-9-24(30)17-20)16-14-27-25(31)12-13-28-26(32)23-11-10-21-7-3-4-8-22(21)18-23/h3-11,17-18,30H,2,12-16,19H2,1H3,(H,27,31)(H,28,32). The zero-order valence-corrected chi connectivity index (χ0v) is 18.5. The number of hydrogen-bond donors (Lipinski definition) is 3. The Morgan fingerprint density at radius 1 is 0.875 bits per heavy atom. The molecular formula is C26H31N3O3. The van der Waals surface area contributed by atoms with Gasteiger partial charge < -0.3 is 15.7 Å². The van der Waals surface area contributed by atoms with Crippen LogP contribution in [0.2, 0.25) is 0 Å². The molecule has 0 saturated heterocycles. The number of hydrogen-bond acceptors (Lipinski definition) is 4. The second kappa shape index (κ2) is 11.9. The van der Waals surface area contributed by atoms with E-state index >= 15 is 0 Å². The molecule has 0 aliphatic heterocycles. The Labute approximate surface area is 189 Å². The third kappa shape index (κ3) is 7.10. The van der Waals surface area contributed by atoms with Crippen LogP contribution in [0.4, 0.5) is 0 Å². The number of nitrogens with one attached hydrogen (secondary N) is 2. The number of carbonyl (C=O) groups excluding carboxylic acids is 2. The van der Waals surface area contributed by atoms with Crippen molar-refractivity contribution in [1.29, 1.82) is 0 Å². The number of fused-ring (bicyclic) bond motifs is 1. The van der Waals surface area contributed by atoms with Crippen LogP contribution in [0.1, 0.15) is 35.7 Å². The van der Waals surface area contributed by atoms with Gasteiger partial charge in [-0.15, -0.1) is 0 Å². The fourth-order valence-corrected chi connectivity index (χ4v) is 3.66. The minimum Gasteiger partial charge on any atom is -0.508 e. The van der Waals surface area contributed by atoms with Crippen molar-refractivity contribution in [2.24, 2.45) is 0 Å². The molecule has 0 heterocycles. The van der Waals surface area contributed by atoms with E-state index in [0.29, 0.717) is 18.7 Å². The molecule has 168 valence electrons. The lowest BCUT2D eigenvalue weighted by Gasteiger charge is -2.22. The van der Waals surface area contributed by atoms with Crippen molar-refractivity contribution in [2.45, 2.75) is 26.3 Å². The van der Waals surface area contributed by atoms with Gasteiger partial charge in [0, 0.05) is 38.2 Å². The lowest BCUT2D eigenvalue weighted by Crippen LogP contribution is -2.36. The Morgan fingerprint density at radius 3 is 2.47 bits per heavy atom. The maximum Gasteiger partial charge on any atom is 0.251 e. The quantitative estimate of drug-likeness (QED) is 0.431. The van der Waals surface area contributed by atoms with Gasteiger partial charge in [0.15, 0.2) is 0 Å². The van der Waals surface area contributed by atoms with E-state index in [1.165, 1.54) is 0 Å². The van der Waals surface area contributed by atoms with Gasteiger partial charge in [0.05, 0.1) is 0 Å². The van der Waals surface area contributed by atoms with Gasteiger partial charge in [-0.1, -0.05) is 49.4 Å². The summed E-state index contributed by atoms with van der Waals surface area (Å²) < 4.78 is 0. The summed E-state index contributed by atoms with van der Waals surface area (Å²) in [4.78, 5) is 26.8. The average Bonchev–Trinajstić information content (AvgIpc) is 2.79. The molecule has 0 atom stereocenters. The zero-order valence-electron chi connectivity index (χ0n) is 18.5. The molecule has 0 aliphatic rings. The second-order valence-corrected chi connectivity index (χ2v) is 7.86. The van der Waals surface area contributed by atoms with Crippen LogP contribution in [0, 0.1) is 0 Å². The van der Waals surface area contributed by atoms with Gasteiger partial charge in [-0.25, -0.2) is 0 Å². The van der Waals surface area contributed by atoms with Crippen molar-refractivity contribution in [1.82, 2.24) is 15.5 Å². The molecule has 3 aromatic rings. The van der Waals surface area contributed by atoms with E-state index in [2.05, 4.69) is 22.5 Å². The van der Waals surface area contributed by atoms with Crippen molar-refractivity contribution in [3.63, 3.8) is 0 Å². The molecule has 32 heavy (non-hydrogen) atoms. The molecule has 0 spiro atoms. The van der Waals surface area contributed by atoms with Gasteiger partial charge in [0.2, 0.25) is 5.91 Å². The lowest BCUT2D eigenvalue weighted by atomic mass is 10.1. The normalized spacial score (nSPS) is 10.9. The maximum atomic E-state index is 12.4. The van der Waals surface area contributed by atoms with Crippen LogP contribution in [-0.4, -0.2) is 48.0 Å². The van der Waals surface area contributed by atoms with Gasteiger partial charge in [-0.2, -0.15) is 0 Å². The topological polar surface area (TPSA) is 81.7 Å². The summed E-state index contributed by atoms with van der Waals surface area (Å²) in [6, 6.07) is 20.7. The van der Waals surface area contributed by atoms with Gasteiger partial charge in [0.1, 0.15) is 5.75 Å².